The summed E-state index contributed by atoms with van der Waals surface area (Å²) in [4.78, 5) is 19.2. The number of carboxylic acid groups (broad SMARTS) is 1. The van der Waals surface area contributed by atoms with Crippen molar-refractivity contribution in [3.8, 4) is 22.1 Å². The van der Waals surface area contributed by atoms with Gasteiger partial charge < -0.3 is 9.84 Å². The lowest BCUT2D eigenvalue weighted by atomic mass is 9.88. The van der Waals surface area contributed by atoms with Crippen LogP contribution < -0.4 is 4.74 Å². The molecule has 4 aromatic rings. The quantitative estimate of drug-likeness (QED) is 0.217. The molecule has 7 nitrogen and oxygen atoms in total. The average molecular weight is 603 g/mol. The van der Waals surface area contributed by atoms with E-state index in [2.05, 4.69) is 16.1 Å². The summed E-state index contributed by atoms with van der Waals surface area (Å²) in [7, 11) is 0. The lowest BCUT2D eigenvalue weighted by Gasteiger charge is -2.32. The minimum Gasteiger partial charge on any atom is -0.489 e. The zero-order chi connectivity index (χ0) is 30.2. The normalized spacial score (nSPS) is 14.8. The van der Waals surface area contributed by atoms with Crippen LogP contribution in [0, 0.1) is 26.7 Å². The van der Waals surface area contributed by atoms with Gasteiger partial charge in [0.05, 0.1) is 23.3 Å². The van der Waals surface area contributed by atoms with Crippen LogP contribution in [0.4, 0.5) is 17.6 Å². The van der Waals surface area contributed by atoms with E-state index in [0.717, 1.165) is 42.9 Å². The fourth-order valence-corrected chi connectivity index (χ4v) is 6.41. The average Bonchev–Trinajstić information content (AvgIpc) is 3.46. The van der Waals surface area contributed by atoms with Crippen molar-refractivity contribution in [2.24, 2.45) is 0 Å². The van der Waals surface area contributed by atoms with Gasteiger partial charge in [0.2, 0.25) is 5.95 Å². The molecule has 1 aliphatic rings. The Kier molecular flexibility index (Phi) is 8.38. The van der Waals surface area contributed by atoms with Crippen molar-refractivity contribution < 1.29 is 32.2 Å². The third-order valence-corrected chi connectivity index (χ3v) is 8.94. The van der Waals surface area contributed by atoms with E-state index in [9.17, 15) is 22.4 Å². The monoisotopic (exact) mass is 602 g/mol. The summed E-state index contributed by atoms with van der Waals surface area (Å²) in [6.07, 6.45) is -1.86. The van der Waals surface area contributed by atoms with Gasteiger partial charge in [-0.3, -0.25) is 4.90 Å². The predicted octanol–water partition coefficient (Wildman–Crippen LogP) is 7.08. The molecule has 0 spiro atoms. The minimum absolute atomic E-state index is 0.156. The van der Waals surface area contributed by atoms with Crippen molar-refractivity contribution in [1.29, 1.82) is 0 Å². The molecular formula is C30H30F4N4O3S. The number of aromatic carboxylic acids is 1. The number of halogens is 4. The third-order valence-electron chi connectivity index (χ3n) is 7.67. The molecule has 3 aromatic heterocycles. The van der Waals surface area contributed by atoms with E-state index in [-0.39, 0.29) is 18.3 Å². The number of thiophene rings is 1. The van der Waals surface area contributed by atoms with E-state index >= 15 is 0 Å². The Bertz CT molecular complexity index is 1610. The van der Waals surface area contributed by atoms with Crippen molar-refractivity contribution in [3.05, 3.63) is 81.2 Å². The Labute approximate surface area is 244 Å². The molecule has 5 rings (SSSR count). The number of hydrogen-bond acceptors (Lipinski definition) is 6. The van der Waals surface area contributed by atoms with Gasteiger partial charge in [0, 0.05) is 10.4 Å². The van der Waals surface area contributed by atoms with Gasteiger partial charge in [-0.05, 0) is 87.5 Å². The Balaban J connectivity index is 1.31. The van der Waals surface area contributed by atoms with Crippen molar-refractivity contribution in [3.63, 3.8) is 0 Å². The van der Waals surface area contributed by atoms with Crippen LogP contribution in [0.5, 0.6) is 5.75 Å². The number of pyridine rings is 1. The number of piperidine rings is 1. The van der Waals surface area contributed by atoms with Gasteiger partial charge in [0.25, 0.3) is 0 Å². The first-order chi connectivity index (χ1) is 19.9. The molecule has 1 N–H and O–H groups in total. The minimum atomic E-state index is -4.18. The zero-order valence-corrected chi connectivity index (χ0v) is 24.2. The van der Waals surface area contributed by atoms with Crippen molar-refractivity contribution in [1.82, 2.24) is 19.7 Å². The van der Waals surface area contributed by atoms with Crippen LogP contribution in [0.25, 0.3) is 16.4 Å². The molecule has 4 heterocycles. The second kappa shape index (κ2) is 11.8. The molecule has 1 saturated heterocycles. The molecule has 0 radical (unpaired) electrons. The predicted molar refractivity (Wildman–Crippen MR) is 151 cm³/mol. The number of aryl methyl sites for hydroxylation is 2. The highest BCUT2D eigenvalue weighted by molar-refractivity contribution is 7.15. The third kappa shape index (κ3) is 6.34. The first-order valence-electron chi connectivity index (χ1n) is 13.5. The molecule has 1 aromatic carbocycles. The lowest BCUT2D eigenvalue weighted by Crippen LogP contribution is -2.39. The molecule has 0 bridgehead atoms. The summed E-state index contributed by atoms with van der Waals surface area (Å²) in [5.74, 6) is -1.33. The molecule has 12 heteroatoms. The first-order valence-corrected chi connectivity index (χ1v) is 14.3. The highest BCUT2D eigenvalue weighted by Crippen LogP contribution is 2.37. The number of nitrogens with zero attached hydrogens (tertiary/aromatic N) is 4. The Hall–Kier alpha value is -3.77. The topological polar surface area (TPSA) is 80.5 Å². The standard InChI is InChI=1S/C30H30F4N4O3S/c1-17-13-21(20-9-11-37(12-10-20)16-30(32,33)34)7-8-25(17)41-15-23-18(2)19(3)42-27(23)24-5-4-6-26(36-24)38-28(31)22(14-35-38)29(39)40/h4-8,13-14,20H,9-12,15-16H2,1-3H3,(H,39,40). The number of carboxylic acids is 1. The molecule has 1 fully saturated rings. The highest BCUT2D eigenvalue weighted by atomic mass is 32.1. The summed E-state index contributed by atoms with van der Waals surface area (Å²) in [5, 5.41) is 13.0. The number of alkyl halides is 3. The van der Waals surface area contributed by atoms with Crippen LogP contribution in [0.3, 0.4) is 0 Å². The van der Waals surface area contributed by atoms with Gasteiger partial charge in [0.15, 0.2) is 5.82 Å². The van der Waals surface area contributed by atoms with Crippen LogP contribution in [-0.2, 0) is 6.61 Å². The van der Waals surface area contributed by atoms with Gasteiger partial charge in [-0.1, -0.05) is 18.2 Å². The summed E-state index contributed by atoms with van der Waals surface area (Å²) in [6.45, 7) is 6.22. The summed E-state index contributed by atoms with van der Waals surface area (Å²) in [6, 6.07) is 11.0. The highest BCUT2D eigenvalue weighted by Gasteiger charge is 2.33. The first kappa shape index (κ1) is 29.7. The number of likely N-dealkylation sites (tertiary alicyclic amines) is 1. The van der Waals surface area contributed by atoms with Crippen LogP contribution >= 0.6 is 11.3 Å². The Morgan fingerprint density at radius 2 is 1.88 bits per heavy atom. The van der Waals surface area contributed by atoms with Gasteiger partial charge in [0.1, 0.15) is 17.9 Å². The van der Waals surface area contributed by atoms with Crippen LogP contribution in [0.1, 0.15) is 56.2 Å². The number of ether oxygens (including phenoxy) is 1. The molecule has 1 aliphatic heterocycles. The van der Waals surface area contributed by atoms with Gasteiger partial charge in [-0.15, -0.1) is 11.3 Å². The largest absolute Gasteiger partial charge is 0.489 e. The fraction of sp³-hybridized carbons (Fsp3) is 0.367. The summed E-state index contributed by atoms with van der Waals surface area (Å²) < 4.78 is 60.0. The van der Waals surface area contributed by atoms with Crippen molar-refractivity contribution in [2.75, 3.05) is 19.6 Å². The smallest absolute Gasteiger partial charge is 0.401 e. The van der Waals surface area contributed by atoms with Crippen molar-refractivity contribution in [2.45, 2.75) is 52.3 Å². The maximum Gasteiger partial charge on any atom is 0.401 e. The molecule has 0 unspecified atom stereocenters. The lowest BCUT2D eigenvalue weighted by molar-refractivity contribution is -0.147. The molecule has 0 amide bonds. The fourth-order valence-electron chi connectivity index (χ4n) is 5.28. The zero-order valence-electron chi connectivity index (χ0n) is 23.3. The summed E-state index contributed by atoms with van der Waals surface area (Å²) in [5.41, 5.74) is 4.10. The maximum atomic E-state index is 14.6. The van der Waals surface area contributed by atoms with E-state index in [1.165, 1.54) is 4.90 Å². The maximum absolute atomic E-state index is 14.6. The van der Waals surface area contributed by atoms with Gasteiger partial charge in [-0.2, -0.15) is 27.3 Å². The van der Waals surface area contributed by atoms with E-state index in [0.29, 0.717) is 37.4 Å². The Morgan fingerprint density at radius 1 is 1.14 bits per heavy atom. The van der Waals surface area contributed by atoms with Crippen LogP contribution in [-0.4, -0.2) is 56.6 Å². The number of carbonyl (C=O) groups is 1. The van der Waals surface area contributed by atoms with E-state index < -0.39 is 30.2 Å². The van der Waals surface area contributed by atoms with Crippen molar-refractivity contribution >= 4 is 17.3 Å². The van der Waals surface area contributed by atoms with E-state index in [1.807, 2.05) is 32.9 Å². The van der Waals surface area contributed by atoms with E-state index in [4.69, 9.17) is 9.84 Å². The molecule has 0 saturated carbocycles. The number of benzene rings is 1. The number of rotatable bonds is 8. The van der Waals surface area contributed by atoms with Crippen LogP contribution in [0.2, 0.25) is 0 Å². The molecule has 42 heavy (non-hydrogen) atoms. The molecule has 222 valence electrons. The molecule has 0 aliphatic carbocycles. The second-order valence-corrected chi connectivity index (χ2v) is 11.7. The number of aromatic nitrogens is 3. The van der Waals surface area contributed by atoms with Gasteiger partial charge >= 0.3 is 12.1 Å². The number of hydrogen-bond donors (Lipinski definition) is 1. The molecular weight excluding hydrogens is 572 g/mol. The van der Waals surface area contributed by atoms with Crippen LogP contribution in [0.15, 0.2) is 42.6 Å². The second-order valence-electron chi connectivity index (χ2n) is 10.5. The summed E-state index contributed by atoms with van der Waals surface area (Å²) >= 11 is 1.54. The SMILES string of the molecule is Cc1cc(C2CCN(CC(F)(F)F)CC2)ccc1OCc1c(-c2cccc(-n3ncc(C(=O)O)c3F)n2)sc(C)c1C. The van der Waals surface area contributed by atoms with Gasteiger partial charge in [-0.25, -0.2) is 9.78 Å². The molecule has 0 atom stereocenters. The Morgan fingerprint density at radius 3 is 2.52 bits per heavy atom. The van der Waals surface area contributed by atoms with E-state index in [1.54, 1.807) is 29.5 Å².